The predicted octanol–water partition coefficient (Wildman–Crippen LogP) is 4.13. The summed E-state index contributed by atoms with van der Waals surface area (Å²) in [6, 6.07) is 7.72. The van der Waals surface area contributed by atoms with E-state index < -0.39 is 17.9 Å². The molecule has 0 aromatic carbocycles. The van der Waals surface area contributed by atoms with Gasteiger partial charge in [-0.1, -0.05) is 12.1 Å². The second kappa shape index (κ2) is 13.5. The quantitative estimate of drug-likeness (QED) is 0.266. The molecular formula is C29H33N3O6. The first kappa shape index (κ1) is 27.1. The molecule has 4 heterocycles. The first-order chi connectivity index (χ1) is 18.5. The van der Waals surface area contributed by atoms with E-state index >= 15 is 0 Å². The Bertz CT molecular complexity index is 1130. The number of esters is 2. The van der Waals surface area contributed by atoms with Crippen molar-refractivity contribution < 1.29 is 28.8 Å². The lowest BCUT2D eigenvalue weighted by Gasteiger charge is -2.31. The molecular weight excluding hydrogens is 486 g/mol. The standard InChI is InChI=1S/C29H33N3O6/c1-20-25(28(33)35-15-5-10-22-8-3-13-30-18-22)27(24-12-7-17-37-38-24)26(21(2)32-20)29(34)36-16-6-11-23-9-4-14-31-19-23/h3-4,8-9,12-14,18-19,27,32H,5-7,10-11,15-17H2,1-2H3. The second-order valence-electron chi connectivity index (χ2n) is 9.14. The first-order valence-electron chi connectivity index (χ1n) is 12.8. The van der Waals surface area contributed by atoms with Crippen molar-refractivity contribution in [2.75, 3.05) is 19.8 Å². The molecule has 4 rings (SSSR count). The summed E-state index contributed by atoms with van der Waals surface area (Å²) in [5.41, 5.74) is 3.93. The minimum Gasteiger partial charge on any atom is -0.462 e. The Morgan fingerprint density at radius 2 is 1.47 bits per heavy atom. The van der Waals surface area contributed by atoms with Crippen LogP contribution < -0.4 is 5.32 Å². The van der Waals surface area contributed by atoms with Crippen molar-refractivity contribution in [2.45, 2.75) is 46.0 Å². The van der Waals surface area contributed by atoms with Crippen LogP contribution in [0.2, 0.25) is 0 Å². The maximum atomic E-state index is 13.3. The third-order valence-corrected chi connectivity index (χ3v) is 6.32. The van der Waals surface area contributed by atoms with Crippen molar-refractivity contribution in [3.05, 3.63) is 94.6 Å². The SMILES string of the molecule is CC1=C(C(=O)OCCCc2cccnc2)C(C2=CCCOO2)C(C(=O)OCCCc2cccnc2)=C(C)N1. The molecule has 0 unspecified atom stereocenters. The van der Waals surface area contributed by atoms with Gasteiger partial charge in [-0.25, -0.2) is 9.59 Å². The molecule has 1 N–H and O–H groups in total. The topological polar surface area (TPSA) is 109 Å². The number of carbonyl (C=O) groups is 2. The monoisotopic (exact) mass is 519 g/mol. The van der Waals surface area contributed by atoms with Gasteiger partial charge in [0.1, 0.15) is 0 Å². The third-order valence-electron chi connectivity index (χ3n) is 6.32. The second-order valence-corrected chi connectivity index (χ2v) is 9.14. The summed E-state index contributed by atoms with van der Waals surface area (Å²) >= 11 is 0. The van der Waals surface area contributed by atoms with E-state index in [2.05, 4.69) is 15.3 Å². The van der Waals surface area contributed by atoms with Crippen LogP contribution >= 0.6 is 0 Å². The van der Waals surface area contributed by atoms with Crippen LogP contribution in [0.25, 0.3) is 0 Å². The molecule has 9 nitrogen and oxygen atoms in total. The highest BCUT2D eigenvalue weighted by Gasteiger charge is 2.41. The fourth-order valence-electron chi connectivity index (χ4n) is 4.51. The van der Waals surface area contributed by atoms with E-state index in [0.717, 1.165) is 24.0 Å². The maximum Gasteiger partial charge on any atom is 0.336 e. The van der Waals surface area contributed by atoms with Gasteiger partial charge >= 0.3 is 11.9 Å². The normalized spacial score (nSPS) is 15.9. The molecule has 2 aliphatic rings. The molecule has 0 saturated heterocycles. The number of nitrogens with one attached hydrogen (secondary N) is 1. The molecule has 2 aromatic rings. The molecule has 0 spiro atoms. The average molecular weight is 520 g/mol. The molecule has 0 saturated carbocycles. The Hall–Kier alpha value is -3.98. The van der Waals surface area contributed by atoms with Crippen LogP contribution in [-0.4, -0.2) is 41.7 Å². The third kappa shape index (κ3) is 7.07. The van der Waals surface area contributed by atoms with E-state index in [-0.39, 0.29) is 13.2 Å². The number of hydrogen-bond acceptors (Lipinski definition) is 9. The van der Waals surface area contributed by atoms with Crippen LogP contribution in [0.1, 0.15) is 44.2 Å². The zero-order valence-electron chi connectivity index (χ0n) is 21.8. The number of aryl methyl sites for hydroxylation is 2. The van der Waals surface area contributed by atoms with Crippen molar-refractivity contribution in [1.82, 2.24) is 15.3 Å². The van der Waals surface area contributed by atoms with Crippen LogP contribution in [-0.2, 0) is 41.7 Å². The number of rotatable bonds is 11. The van der Waals surface area contributed by atoms with Crippen LogP contribution in [0.3, 0.4) is 0 Å². The van der Waals surface area contributed by atoms with Crippen molar-refractivity contribution in [2.24, 2.45) is 5.92 Å². The van der Waals surface area contributed by atoms with E-state index in [9.17, 15) is 9.59 Å². The lowest BCUT2D eigenvalue weighted by molar-refractivity contribution is -0.273. The van der Waals surface area contributed by atoms with Gasteiger partial charge in [-0.15, -0.1) is 0 Å². The van der Waals surface area contributed by atoms with Crippen LogP contribution in [0.4, 0.5) is 0 Å². The molecule has 0 amide bonds. The van der Waals surface area contributed by atoms with Crippen molar-refractivity contribution in [1.29, 1.82) is 0 Å². The van der Waals surface area contributed by atoms with Crippen molar-refractivity contribution in [3.8, 4) is 0 Å². The largest absolute Gasteiger partial charge is 0.462 e. The molecule has 0 atom stereocenters. The van der Waals surface area contributed by atoms with E-state index in [0.29, 0.717) is 54.2 Å². The zero-order valence-corrected chi connectivity index (χ0v) is 21.8. The van der Waals surface area contributed by atoms with Crippen molar-refractivity contribution in [3.63, 3.8) is 0 Å². The maximum absolute atomic E-state index is 13.3. The molecule has 38 heavy (non-hydrogen) atoms. The summed E-state index contributed by atoms with van der Waals surface area (Å²) in [6.07, 6.45) is 12.2. The summed E-state index contributed by atoms with van der Waals surface area (Å²) in [4.78, 5) is 45.6. The molecule has 9 heteroatoms. The van der Waals surface area contributed by atoms with E-state index in [1.54, 1.807) is 38.6 Å². The summed E-state index contributed by atoms with van der Waals surface area (Å²) in [5, 5.41) is 3.16. The molecule has 200 valence electrons. The minimum atomic E-state index is -0.798. The van der Waals surface area contributed by atoms with Crippen LogP contribution in [0.5, 0.6) is 0 Å². The van der Waals surface area contributed by atoms with Crippen LogP contribution in [0.15, 0.2) is 83.4 Å². The summed E-state index contributed by atoms with van der Waals surface area (Å²) < 4.78 is 11.3. The molecule has 0 radical (unpaired) electrons. The van der Waals surface area contributed by atoms with Gasteiger partial charge in [0.25, 0.3) is 0 Å². The van der Waals surface area contributed by atoms with Crippen LogP contribution in [0, 0.1) is 5.92 Å². The highest BCUT2D eigenvalue weighted by molar-refractivity contribution is 5.98. The molecule has 2 aliphatic heterocycles. The minimum absolute atomic E-state index is 0.227. The summed E-state index contributed by atoms with van der Waals surface area (Å²) in [7, 11) is 0. The van der Waals surface area contributed by atoms with Gasteiger partial charge in [-0.2, -0.15) is 4.89 Å². The highest BCUT2D eigenvalue weighted by atomic mass is 17.2. The molecule has 0 fully saturated rings. The van der Waals surface area contributed by atoms with Gasteiger partial charge in [0.2, 0.25) is 0 Å². The molecule has 2 aromatic heterocycles. The van der Waals surface area contributed by atoms with E-state index in [4.69, 9.17) is 19.2 Å². The number of aromatic nitrogens is 2. The Balaban J connectivity index is 1.44. The van der Waals surface area contributed by atoms with E-state index in [1.807, 2.05) is 30.3 Å². The fraction of sp³-hybridized carbons (Fsp3) is 0.379. The Labute approximate surface area is 222 Å². The number of ether oxygens (including phenoxy) is 2. The lowest BCUT2D eigenvalue weighted by Crippen LogP contribution is -2.35. The lowest BCUT2D eigenvalue weighted by atomic mass is 9.83. The van der Waals surface area contributed by atoms with Crippen molar-refractivity contribution >= 4 is 11.9 Å². The smallest absolute Gasteiger partial charge is 0.336 e. The highest BCUT2D eigenvalue weighted by Crippen LogP contribution is 2.38. The number of allylic oxidation sites excluding steroid dienone is 3. The Kier molecular flexibility index (Phi) is 9.64. The van der Waals surface area contributed by atoms with Gasteiger partial charge in [-0.3, -0.25) is 9.97 Å². The van der Waals surface area contributed by atoms with Gasteiger partial charge in [-0.05, 0) is 75.3 Å². The van der Waals surface area contributed by atoms with E-state index in [1.165, 1.54) is 0 Å². The first-order valence-corrected chi connectivity index (χ1v) is 12.8. The fourth-order valence-corrected chi connectivity index (χ4v) is 4.51. The Morgan fingerprint density at radius 3 is 1.92 bits per heavy atom. The van der Waals surface area contributed by atoms with Gasteiger partial charge in [0.05, 0.1) is 36.9 Å². The average Bonchev–Trinajstić information content (AvgIpc) is 2.94. The number of nitrogens with zero attached hydrogens (tertiary/aromatic N) is 2. The number of pyridine rings is 2. The summed E-state index contributed by atoms with van der Waals surface area (Å²) in [5.74, 6) is -1.46. The predicted molar refractivity (Wildman–Crippen MR) is 139 cm³/mol. The van der Waals surface area contributed by atoms with Gasteiger partial charge in [0.15, 0.2) is 5.76 Å². The van der Waals surface area contributed by atoms with Gasteiger partial charge < -0.3 is 19.7 Å². The van der Waals surface area contributed by atoms with Gasteiger partial charge in [0, 0.05) is 36.2 Å². The summed E-state index contributed by atoms with van der Waals surface area (Å²) in [6.45, 7) is 4.41. The molecule has 0 bridgehead atoms. The number of carbonyl (C=O) groups excluding carboxylic acids is 2. The number of hydrogen-bond donors (Lipinski definition) is 1. The zero-order chi connectivity index (χ0) is 26.7. The number of dihydropyridines is 1. The molecule has 0 aliphatic carbocycles. The Morgan fingerprint density at radius 1 is 0.921 bits per heavy atom.